The number of ether oxygens (including phenoxy) is 1. The zero-order valence-electron chi connectivity index (χ0n) is 20.5. The fraction of sp³-hybridized carbons (Fsp3) is 0.417. The second-order valence-electron chi connectivity index (χ2n) is 8.71. The van der Waals surface area contributed by atoms with Gasteiger partial charge in [0.1, 0.15) is 17.1 Å². The molecule has 3 aromatic rings. The number of nitrogens with one attached hydrogen (secondary N) is 2. The van der Waals surface area contributed by atoms with Crippen molar-refractivity contribution >= 4 is 28.9 Å². The standard InChI is InChI=1S/C24H28N6O7/c1-3-9-28-22-20(23(35)29(10-4-2)24(28)36)25-21(26-22)14-5-7-16(8-6-14)37-13-17(32)27-30-18(33)11-15(31)12-19(30)34/h5-8,15,31H,3-4,9-13H2,1-2H3,(H,25,26)(H,27,32). The Morgan fingerprint density at radius 2 is 1.68 bits per heavy atom. The highest BCUT2D eigenvalue weighted by atomic mass is 16.5. The van der Waals surface area contributed by atoms with Crippen molar-refractivity contribution in [3.63, 3.8) is 0 Å². The van der Waals surface area contributed by atoms with Crippen molar-refractivity contribution in [1.29, 1.82) is 0 Å². The number of aliphatic hydroxyl groups is 1. The lowest BCUT2D eigenvalue weighted by molar-refractivity contribution is -0.160. The van der Waals surface area contributed by atoms with E-state index in [-0.39, 0.29) is 24.0 Å². The van der Waals surface area contributed by atoms with E-state index in [1.807, 2.05) is 13.8 Å². The highest BCUT2D eigenvalue weighted by Gasteiger charge is 2.32. The zero-order chi connectivity index (χ0) is 26.7. The van der Waals surface area contributed by atoms with Crippen LogP contribution in [-0.2, 0) is 27.5 Å². The number of carbonyl (C=O) groups excluding carboxylic acids is 3. The van der Waals surface area contributed by atoms with Gasteiger partial charge in [-0.05, 0) is 37.1 Å². The maximum Gasteiger partial charge on any atom is 0.332 e. The van der Waals surface area contributed by atoms with Gasteiger partial charge in [-0.1, -0.05) is 13.8 Å². The number of aromatic amines is 1. The Kier molecular flexibility index (Phi) is 7.53. The molecule has 1 aromatic carbocycles. The number of fused-ring (bicyclic) bond motifs is 1. The third-order valence-electron chi connectivity index (χ3n) is 5.81. The number of imide groups is 1. The smallest absolute Gasteiger partial charge is 0.332 e. The highest BCUT2D eigenvalue weighted by Crippen LogP contribution is 2.22. The summed E-state index contributed by atoms with van der Waals surface area (Å²) in [5, 5.41) is 10.0. The molecule has 0 unspecified atom stereocenters. The van der Waals surface area contributed by atoms with Crippen LogP contribution in [0.3, 0.4) is 0 Å². The molecule has 2 aromatic heterocycles. The van der Waals surface area contributed by atoms with E-state index < -0.39 is 36.0 Å². The summed E-state index contributed by atoms with van der Waals surface area (Å²) in [6, 6.07) is 6.55. The number of aliphatic hydroxyl groups excluding tert-OH is 1. The fourth-order valence-corrected chi connectivity index (χ4v) is 4.09. The minimum Gasteiger partial charge on any atom is -0.484 e. The van der Waals surface area contributed by atoms with Crippen LogP contribution in [0.25, 0.3) is 22.6 Å². The molecule has 0 atom stereocenters. The molecule has 1 aliphatic rings. The van der Waals surface area contributed by atoms with Crippen LogP contribution in [0.15, 0.2) is 33.9 Å². The Morgan fingerprint density at radius 1 is 1.05 bits per heavy atom. The topological polar surface area (TPSA) is 169 Å². The van der Waals surface area contributed by atoms with Crippen LogP contribution >= 0.6 is 0 Å². The number of aryl methyl sites for hydroxylation is 1. The number of hydrazine groups is 1. The van der Waals surface area contributed by atoms with Crippen molar-refractivity contribution in [2.45, 2.75) is 58.7 Å². The van der Waals surface area contributed by atoms with Crippen LogP contribution in [0.2, 0.25) is 0 Å². The average Bonchev–Trinajstić information content (AvgIpc) is 3.31. The molecular weight excluding hydrogens is 484 g/mol. The number of piperidine rings is 1. The summed E-state index contributed by atoms with van der Waals surface area (Å²) in [7, 11) is 0. The molecule has 0 saturated carbocycles. The molecule has 3 heterocycles. The highest BCUT2D eigenvalue weighted by molar-refractivity contribution is 6.00. The van der Waals surface area contributed by atoms with E-state index in [9.17, 15) is 29.1 Å². The molecule has 3 N–H and O–H groups in total. The number of rotatable bonds is 9. The van der Waals surface area contributed by atoms with E-state index in [1.165, 1.54) is 9.13 Å². The second kappa shape index (κ2) is 10.8. The van der Waals surface area contributed by atoms with Gasteiger partial charge in [-0.25, -0.2) is 9.78 Å². The van der Waals surface area contributed by atoms with Crippen molar-refractivity contribution < 1.29 is 24.2 Å². The number of amides is 3. The van der Waals surface area contributed by atoms with E-state index in [0.717, 1.165) is 0 Å². The molecule has 1 fully saturated rings. The molecule has 1 saturated heterocycles. The normalized spacial score (nSPS) is 14.4. The van der Waals surface area contributed by atoms with E-state index >= 15 is 0 Å². The first-order chi connectivity index (χ1) is 17.7. The van der Waals surface area contributed by atoms with Crippen molar-refractivity contribution in [3.05, 3.63) is 45.1 Å². The molecular formula is C24H28N6O7. The molecule has 3 amide bonds. The first kappa shape index (κ1) is 25.8. The van der Waals surface area contributed by atoms with Gasteiger partial charge in [0.2, 0.25) is 0 Å². The average molecular weight is 513 g/mol. The second-order valence-corrected chi connectivity index (χ2v) is 8.71. The van der Waals surface area contributed by atoms with Gasteiger partial charge >= 0.3 is 5.69 Å². The summed E-state index contributed by atoms with van der Waals surface area (Å²) in [6.45, 7) is 4.11. The maximum atomic E-state index is 12.9. The van der Waals surface area contributed by atoms with Gasteiger partial charge in [0.15, 0.2) is 12.3 Å². The van der Waals surface area contributed by atoms with Gasteiger partial charge in [0, 0.05) is 18.7 Å². The largest absolute Gasteiger partial charge is 0.484 e. The van der Waals surface area contributed by atoms with Crippen LogP contribution in [0.4, 0.5) is 0 Å². The van der Waals surface area contributed by atoms with Crippen molar-refractivity contribution in [2.75, 3.05) is 6.61 Å². The molecule has 0 radical (unpaired) electrons. The van der Waals surface area contributed by atoms with Gasteiger partial charge < -0.3 is 14.8 Å². The number of nitrogens with zero attached hydrogens (tertiary/aromatic N) is 4. The number of carbonyl (C=O) groups is 3. The van der Waals surface area contributed by atoms with Crippen molar-refractivity contribution in [3.8, 4) is 17.1 Å². The summed E-state index contributed by atoms with van der Waals surface area (Å²) in [5.41, 5.74) is 2.57. The summed E-state index contributed by atoms with van der Waals surface area (Å²) >= 11 is 0. The number of hydrogen-bond acceptors (Lipinski definition) is 8. The Balaban J connectivity index is 1.49. The number of H-pyrrole nitrogens is 1. The molecule has 4 rings (SSSR count). The molecule has 0 spiro atoms. The van der Waals surface area contributed by atoms with Crippen LogP contribution in [0.1, 0.15) is 39.5 Å². The van der Waals surface area contributed by atoms with Gasteiger partial charge in [0.05, 0.1) is 18.9 Å². The Labute approximate surface area is 210 Å². The first-order valence-electron chi connectivity index (χ1n) is 12.0. The van der Waals surface area contributed by atoms with E-state index in [1.54, 1.807) is 24.3 Å². The van der Waals surface area contributed by atoms with Gasteiger partial charge in [-0.2, -0.15) is 5.01 Å². The van der Waals surface area contributed by atoms with Crippen molar-refractivity contribution in [1.82, 2.24) is 29.5 Å². The van der Waals surface area contributed by atoms with E-state index in [4.69, 9.17) is 4.74 Å². The lowest BCUT2D eigenvalue weighted by atomic mass is 10.1. The number of hydrogen-bond donors (Lipinski definition) is 3. The van der Waals surface area contributed by atoms with Crippen LogP contribution in [0.5, 0.6) is 5.75 Å². The predicted octanol–water partition coefficient (Wildman–Crippen LogP) is 0.293. The fourth-order valence-electron chi connectivity index (χ4n) is 4.09. The van der Waals surface area contributed by atoms with Gasteiger partial charge in [-0.15, -0.1) is 0 Å². The first-order valence-corrected chi connectivity index (χ1v) is 12.0. The van der Waals surface area contributed by atoms with Crippen LogP contribution in [-0.4, -0.2) is 59.6 Å². The summed E-state index contributed by atoms with van der Waals surface area (Å²) in [4.78, 5) is 69.2. The van der Waals surface area contributed by atoms with Gasteiger partial charge in [0.25, 0.3) is 23.3 Å². The molecule has 196 valence electrons. The molecule has 13 heteroatoms. The van der Waals surface area contributed by atoms with Crippen LogP contribution < -0.4 is 21.4 Å². The number of imidazole rings is 1. The van der Waals surface area contributed by atoms with E-state index in [2.05, 4.69) is 15.4 Å². The minimum atomic E-state index is -1.05. The molecule has 1 aliphatic heterocycles. The lowest BCUT2D eigenvalue weighted by Gasteiger charge is -2.27. The van der Waals surface area contributed by atoms with Crippen molar-refractivity contribution in [2.24, 2.45) is 0 Å². The molecule has 0 aliphatic carbocycles. The molecule has 37 heavy (non-hydrogen) atoms. The zero-order valence-corrected chi connectivity index (χ0v) is 20.5. The SMILES string of the molecule is CCCn1c(=O)c2[nH]c(-c3ccc(OCC(=O)NN4C(=O)CC(O)CC4=O)cc3)nc2n(CCC)c1=O. The third-order valence-corrected chi connectivity index (χ3v) is 5.81. The Bertz CT molecular complexity index is 1440. The van der Waals surface area contributed by atoms with Gasteiger partial charge in [-0.3, -0.25) is 33.7 Å². The lowest BCUT2D eigenvalue weighted by Crippen LogP contribution is -2.55. The number of aromatic nitrogens is 4. The minimum absolute atomic E-state index is 0.253. The summed E-state index contributed by atoms with van der Waals surface area (Å²) in [5.74, 6) is -1.36. The summed E-state index contributed by atoms with van der Waals surface area (Å²) in [6.07, 6.45) is -0.218. The Hall–Kier alpha value is -4.26. The number of benzene rings is 1. The van der Waals surface area contributed by atoms with Crippen LogP contribution in [0, 0.1) is 0 Å². The molecule has 13 nitrogen and oxygen atoms in total. The molecule has 0 bridgehead atoms. The van der Waals surface area contributed by atoms with E-state index in [0.29, 0.717) is 53.7 Å². The Morgan fingerprint density at radius 3 is 2.30 bits per heavy atom. The third kappa shape index (κ3) is 5.31. The maximum absolute atomic E-state index is 12.9. The predicted molar refractivity (Wildman–Crippen MR) is 131 cm³/mol. The monoisotopic (exact) mass is 512 g/mol. The quantitative estimate of drug-likeness (QED) is 0.344. The summed E-state index contributed by atoms with van der Waals surface area (Å²) < 4.78 is 8.16.